The van der Waals surface area contributed by atoms with Crippen molar-refractivity contribution >= 4 is 22.7 Å². The van der Waals surface area contributed by atoms with Crippen LogP contribution >= 0.6 is 22.7 Å². The molecule has 0 bridgehead atoms. The minimum absolute atomic E-state index is 0.00596. The predicted octanol–water partition coefficient (Wildman–Crippen LogP) is 2.90. The van der Waals surface area contributed by atoms with Crippen LogP contribution in [0.3, 0.4) is 0 Å². The summed E-state index contributed by atoms with van der Waals surface area (Å²) in [4.78, 5) is 5.85. The van der Waals surface area contributed by atoms with Gasteiger partial charge in [0.1, 0.15) is 5.01 Å². The van der Waals surface area contributed by atoms with Gasteiger partial charge in [-0.15, -0.1) is 22.7 Å². The summed E-state index contributed by atoms with van der Waals surface area (Å²) in [5, 5.41) is 14.6. The van der Waals surface area contributed by atoms with E-state index in [0.29, 0.717) is 0 Å². The number of nitrogens with zero attached hydrogens (tertiary/aromatic N) is 1. The Morgan fingerprint density at radius 3 is 2.87 bits per heavy atom. The number of aliphatic hydroxyl groups is 1. The summed E-state index contributed by atoms with van der Waals surface area (Å²) >= 11 is 3.39. The number of hydrogen-bond acceptors (Lipinski definition) is 4. The molecule has 3 rings (SSSR count). The molecule has 1 saturated carbocycles. The summed E-state index contributed by atoms with van der Waals surface area (Å²) < 4.78 is 0. The molecule has 1 N–H and O–H groups in total. The molecule has 2 aromatic heterocycles. The molecule has 0 aromatic carbocycles. The van der Waals surface area contributed by atoms with Crippen LogP contribution in [0, 0.1) is 0 Å². The predicted molar refractivity (Wildman–Crippen MR) is 63.4 cm³/mol. The van der Waals surface area contributed by atoms with Crippen LogP contribution in [0.15, 0.2) is 22.9 Å². The lowest BCUT2D eigenvalue weighted by atomic mass is 10.1. The standard InChI is InChI=1S/C11H11NOS2/c13-7-11(3-4-11)9-6-15-10(12-9)8-2-1-5-14-8/h1-2,5-6,13H,3-4,7H2. The molecule has 78 valence electrons. The van der Waals surface area contributed by atoms with E-state index in [1.165, 1.54) is 4.88 Å². The van der Waals surface area contributed by atoms with Gasteiger partial charge < -0.3 is 5.11 Å². The van der Waals surface area contributed by atoms with Crippen molar-refractivity contribution in [2.45, 2.75) is 18.3 Å². The largest absolute Gasteiger partial charge is 0.395 e. The molecule has 1 fully saturated rings. The molecule has 4 heteroatoms. The van der Waals surface area contributed by atoms with E-state index < -0.39 is 0 Å². The van der Waals surface area contributed by atoms with E-state index in [1.807, 2.05) is 6.07 Å². The lowest BCUT2D eigenvalue weighted by Gasteiger charge is -2.06. The molecule has 0 spiro atoms. The van der Waals surface area contributed by atoms with Crippen molar-refractivity contribution in [1.29, 1.82) is 0 Å². The second-order valence-electron chi connectivity index (χ2n) is 3.95. The van der Waals surface area contributed by atoms with Gasteiger partial charge in [0.2, 0.25) is 0 Å². The van der Waals surface area contributed by atoms with Crippen LogP contribution in [0.2, 0.25) is 0 Å². The van der Waals surface area contributed by atoms with Gasteiger partial charge in [-0.3, -0.25) is 0 Å². The molecule has 0 atom stereocenters. The average Bonchev–Trinajstić information content (AvgIpc) is 2.74. The first kappa shape index (κ1) is 9.51. The van der Waals surface area contributed by atoms with E-state index in [4.69, 9.17) is 0 Å². The number of aliphatic hydroxyl groups excluding tert-OH is 1. The van der Waals surface area contributed by atoms with Crippen molar-refractivity contribution in [3.63, 3.8) is 0 Å². The molecule has 1 aliphatic carbocycles. The van der Waals surface area contributed by atoms with Gasteiger partial charge in [0.05, 0.1) is 17.2 Å². The summed E-state index contributed by atoms with van der Waals surface area (Å²) in [5.41, 5.74) is 1.09. The zero-order valence-electron chi connectivity index (χ0n) is 8.14. The third kappa shape index (κ3) is 1.53. The summed E-state index contributed by atoms with van der Waals surface area (Å²) in [6.45, 7) is 0.237. The fourth-order valence-electron chi connectivity index (χ4n) is 1.68. The van der Waals surface area contributed by atoms with Crippen LogP contribution in [0.25, 0.3) is 9.88 Å². The topological polar surface area (TPSA) is 33.1 Å². The molecule has 2 aromatic rings. The highest BCUT2D eigenvalue weighted by atomic mass is 32.1. The van der Waals surface area contributed by atoms with Crippen LogP contribution in [-0.2, 0) is 5.41 Å². The summed E-state index contributed by atoms with van der Waals surface area (Å²) in [7, 11) is 0. The smallest absolute Gasteiger partial charge is 0.133 e. The summed E-state index contributed by atoms with van der Waals surface area (Å²) in [6.07, 6.45) is 2.16. The second kappa shape index (κ2) is 3.40. The Morgan fingerprint density at radius 2 is 2.27 bits per heavy atom. The first-order valence-electron chi connectivity index (χ1n) is 4.95. The number of hydrogen-bond donors (Lipinski definition) is 1. The Hall–Kier alpha value is -0.710. The first-order chi connectivity index (χ1) is 7.34. The van der Waals surface area contributed by atoms with Crippen LogP contribution < -0.4 is 0 Å². The number of aromatic nitrogens is 1. The van der Waals surface area contributed by atoms with Crippen LogP contribution in [-0.4, -0.2) is 16.7 Å². The van der Waals surface area contributed by atoms with E-state index in [9.17, 15) is 5.11 Å². The Labute approximate surface area is 96.2 Å². The molecule has 2 heterocycles. The zero-order chi connectivity index (χ0) is 10.3. The van der Waals surface area contributed by atoms with Gasteiger partial charge >= 0.3 is 0 Å². The molecule has 0 saturated heterocycles. The van der Waals surface area contributed by atoms with Gasteiger partial charge in [-0.25, -0.2) is 4.98 Å². The maximum atomic E-state index is 9.32. The number of thiazole rings is 1. The van der Waals surface area contributed by atoms with Crippen LogP contribution in [0.5, 0.6) is 0 Å². The van der Waals surface area contributed by atoms with Crippen molar-refractivity contribution in [1.82, 2.24) is 4.98 Å². The van der Waals surface area contributed by atoms with Crippen LogP contribution in [0.4, 0.5) is 0 Å². The Kier molecular flexibility index (Phi) is 2.16. The fourth-order valence-corrected chi connectivity index (χ4v) is 3.43. The molecule has 0 unspecified atom stereocenters. The minimum atomic E-state index is 0.00596. The van der Waals surface area contributed by atoms with E-state index in [0.717, 1.165) is 23.5 Å². The van der Waals surface area contributed by atoms with E-state index in [1.54, 1.807) is 22.7 Å². The third-order valence-corrected chi connectivity index (χ3v) is 4.82. The van der Waals surface area contributed by atoms with E-state index in [-0.39, 0.29) is 12.0 Å². The maximum Gasteiger partial charge on any atom is 0.133 e. The quantitative estimate of drug-likeness (QED) is 0.890. The van der Waals surface area contributed by atoms with E-state index >= 15 is 0 Å². The maximum absolute atomic E-state index is 9.32. The van der Waals surface area contributed by atoms with Crippen molar-refractivity contribution in [3.05, 3.63) is 28.6 Å². The van der Waals surface area contributed by atoms with Crippen molar-refractivity contribution in [2.75, 3.05) is 6.61 Å². The Morgan fingerprint density at radius 1 is 1.40 bits per heavy atom. The molecule has 1 aliphatic rings. The van der Waals surface area contributed by atoms with Gasteiger partial charge in [0, 0.05) is 10.8 Å². The van der Waals surface area contributed by atoms with Gasteiger partial charge in [0.15, 0.2) is 0 Å². The van der Waals surface area contributed by atoms with Gasteiger partial charge in [-0.1, -0.05) is 6.07 Å². The lowest BCUT2D eigenvalue weighted by molar-refractivity contribution is 0.253. The fraction of sp³-hybridized carbons (Fsp3) is 0.364. The molecule has 0 aliphatic heterocycles. The SMILES string of the molecule is OCC1(c2csc(-c3cccs3)n2)CC1. The zero-order valence-corrected chi connectivity index (χ0v) is 9.77. The highest BCUT2D eigenvalue weighted by Crippen LogP contribution is 2.48. The van der Waals surface area contributed by atoms with Gasteiger partial charge in [-0.2, -0.15) is 0 Å². The van der Waals surface area contributed by atoms with Crippen molar-refractivity contribution in [3.8, 4) is 9.88 Å². The molecule has 0 amide bonds. The highest BCUT2D eigenvalue weighted by Gasteiger charge is 2.45. The molecule has 2 nitrogen and oxygen atoms in total. The van der Waals surface area contributed by atoms with Gasteiger partial charge in [-0.05, 0) is 24.3 Å². The number of thiophene rings is 1. The second-order valence-corrected chi connectivity index (χ2v) is 5.76. The highest BCUT2D eigenvalue weighted by molar-refractivity contribution is 7.20. The van der Waals surface area contributed by atoms with E-state index in [2.05, 4.69) is 21.8 Å². The molecule has 15 heavy (non-hydrogen) atoms. The first-order valence-corrected chi connectivity index (χ1v) is 6.71. The average molecular weight is 237 g/mol. The van der Waals surface area contributed by atoms with Crippen molar-refractivity contribution < 1.29 is 5.11 Å². The lowest BCUT2D eigenvalue weighted by Crippen LogP contribution is -2.11. The monoisotopic (exact) mass is 237 g/mol. The normalized spacial score (nSPS) is 17.9. The van der Waals surface area contributed by atoms with Crippen LogP contribution in [0.1, 0.15) is 18.5 Å². The Balaban J connectivity index is 1.95. The molecular weight excluding hydrogens is 226 g/mol. The summed E-state index contributed by atoms with van der Waals surface area (Å²) in [6, 6.07) is 4.13. The van der Waals surface area contributed by atoms with Crippen molar-refractivity contribution in [2.24, 2.45) is 0 Å². The minimum Gasteiger partial charge on any atom is -0.395 e. The third-order valence-electron chi connectivity index (χ3n) is 2.94. The van der Waals surface area contributed by atoms with Gasteiger partial charge in [0.25, 0.3) is 0 Å². The number of rotatable bonds is 3. The Bertz CT molecular complexity index is 457. The molecule has 0 radical (unpaired) electrons. The summed E-state index contributed by atoms with van der Waals surface area (Å²) in [5.74, 6) is 0. The molecular formula is C11H11NOS2.